The molecule has 2 aliphatic heterocycles. The topological polar surface area (TPSA) is 69.9 Å². The molecule has 0 bridgehead atoms. The molecule has 1 aromatic carbocycles. The maximum absolute atomic E-state index is 12.9. The third-order valence-corrected chi connectivity index (χ3v) is 6.63. The van der Waals surface area contributed by atoms with E-state index in [1.807, 2.05) is 11.8 Å². The minimum atomic E-state index is -0.232. The Labute approximate surface area is 175 Å². The molecular formula is C23H36N4O2. The van der Waals surface area contributed by atoms with Crippen molar-refractivity contribution in [3.05, 3.63) is 35.9 Å². The normalized spacial score (nSPS) is 20.7. The van der Waals surface area contributed by atoms with Crippen molar-refractivity contribution in [1.82, 2.24) is 14.7 Å². The molecule has 0 aliphatic carbocycles. The van der Waals surface area contributed by atoms with Gasteiger partial charge in [-0.3, -0.25) is 14.5 Å². The third kappa shape index (κ3) is 6.03. The fraction of sp³-hybridized carbons (Fsp3) is 0.652. The van der Waals surface area contributed by atoms with E-state index in [1.165, 1.54) is 5.56 Å². The van der Waals surface area contributed by atoms with Gasteiger partial charge >= 0.3 is 0 Å². The minimum Gasteiger partial charge on any atom is -0.369 e. The van der Waals surface area contributed by atoms with Crippen molar-refractivity contribution in [2.75, 3.05) is 39.8 Å². The average Bonchev–Trinajstić information content (AvgIpc) is 2.74. The molecule has 6 heteroatoms. The number of primary amides is 1. The molecule has 2 saturated heterocycles. The lowest BCUT2D eigenvalue weighted by molar-refractivity contribution is -0.140. The number of likely N-dealkylation sites (tertiary alicyclic amines) is 2. The van der Waals surface area contributed by atoms with Gasteiger partial charge in [-0.2, -0.15) is 0 Å². The molecule has 3 rings (SSSR count). The highest BCUT2D eigenvalue weighted by Crippen LogP contribution is 2.23. The van der Waals surface area contributed by atoms with Crippen molar-refractivity contribution in [3.8, 4) is 0 Å². The SMILES string of the molecule is CC(C(=O)N1CCC(C(N)=O)CC1)N1CCC(CN(C)Cc2ccccc2)CC1. The number of benzene rings is 1. The van der Waals surface area contributed by atoms with Gasteiger partial charge in [0.1, 0.15) is 0 Å². The number of rotatable bonds is 7. The Hall–Kier alpha value is -1.92. The van der Waals surface area contributed by atoms with E-state index in [9.17, 15) is 9.59 Å². The Morgan fingerprint density at radius 3 is 2.28 bits per heavy atom. The van der Waals surface area contributed by atoms with Crippen LogP contribution in [-0.2, 0) is 16.1 Å². The average molecular weight is 401 g/mol. The predicted octanol–water partition coefficient (Wildman–Crippen LogP) is 1.94. The van der Waals surface area contributed by atoms with E-state index in [2.05, 4.69) is 47.2 Å². The first-order valence-electron chi connectivity index (χ1n) is 11.0. The fourth-order valence-electron chi connectivity index (χ4n) is 4.73. The van der Waals surface area contributed by atoms with Crippen LogP contribution < -0.4 is 5.73 Å². The van der Waals surface area contributed by atoms with Gasteiger partial charge in [0.05, 0.1) is 6.04 Å². The van der Waals surface area contributed by atoms with Gasteiger partial charge in [0.15, 0.2) is 0 Å². The summed E-state index contributed by atoms with van der Waals surface area (Å²) in [7, 11) is 2.20. The standard InChI is InChI=1S/C23H36N4O2/c1-18(23(29)27-14-10-21(11-15-27)22(24)28)26-12-8-20(9-13-26)17-25(2)16-19-6-4-3-5-7-19/h3-7,18,20-21H,8-17H2,1-2H3,(H2,24,28). The van der Waals surface area contributed by atoms with Crippen LogP contribution in [0.15, 0.2) is 30.3 Å². The Morgan fingerprint density at radius 2 is 1.69 bits per heavy atom. The van der Waals surface area contributed by atoms with E-state index < -0.39 is 0 Å². The molecular weight excluding hydrogens is 364 g/mol. The van der Waals surface area contributed by atoms with Gasteiger partial charge in [0.25, 0.3) is 0 Å². The molecule has 0 radical (unpaired) electrons. The predicted molar refractivity (Wildman–Crippen MR) is 115 cm³/mol. The number of carbonyl (C=O) groups is 2. The first kappa shape index (κ1) is 21.8. The lowest BCUT2D eigenvalue weighted by Gasteiger charge is -2.39. The molecule has 29 heavy (non-hydrogen) atoms. The molecule has 160 valence electrons. The summed E-state index contributed by atoms with van der Waals surface area (Å²) in [6, 6.07) is 10.5. The number of carbonyl (C=O) groups excluding carboxylic acids is 2. The molecule has 1 atom stereocenters. The minimum absolute atomic E-state index is 0.0713. The molecule has 1 aromatic rings. The number of amides is 2. The van der Waals surface area contributed by atoms with Crippen LogP contribution in [0.4, 0.5) is 0 Å². The number of nitrogens with zero attached hydrogens (tertiary/aromatic N) is 3. The van der Waals surface area contributed by atoms with Crippen LogP contribution >= 0.6 is 0 Å². The number of hydrogen-bond donors (Lipinski definition) is 1. The Bertz CT molecular complexity index is 665. The van der Waals surface area contributed by atoms with Gasteiger partial charge in [-0.05, 0) is 64.2 Å². The lowest BCUT2D eigenvalue weighted by Crippen LogP contribution is -2.52. The van der Waals surface area contributed by atoms with Crippen molar-refractivity contribution in [1.29, 1.82) is 0 Å². The maximum atomic E-state index is 12.9. The Morgan fingerprint density at radius 1 is 1.07 bits per heavy atom. The van der Waals surface area contributed by atoms with Crippen LogP contribution in [0.5, 0.6) is 0 Å². The Balaban J connectivity index is 1.40. The zero-order valence-electron chi connectivity index (χ0n) is 17.9. The number of piperidine rings is 2. The van der Waals surface area contributed by atoms with Crippen molar-refractivity contribution in [3.63, 3.8) is 0 Å². The second-order valence-electron chi connectivity index (χ2n) is 8.84. The fourth-order valence-corrected chi connectivity index (χ4v) is 4.73. The van der Waals surface area contributed by atoms with Gasteiger partial charge in [0, 0.05) is 32.1 Å². The van der Waals surface area contributed by atoms with Gasteiger partial charge in [-0.1, -0.05) is 30.3 Å². The largest absolute Gasteiger partial charge is 0.369 e. The Kier molecular flexibility index (Phi) is 7.67. The molecule has 2 heterocycles. The zero-order chi connectivity index (χ0) is 20.8. The number of hydrogen-bond acceptors (Lipinski definition) is 4. The van der Waals surface area contributed by atoms with Gasteiger partial charge in [-0.25, -0.2) is 0 Å². The quantitative estimate of drug-likeness (QED) is 0.759. The zero-order valence-corrected chi connectivity index (χ0v) is 17.9. The smallest absolute Gasteiger partial charge is 0.239 e. The van der Waals surface area contributed by atoms with Crippen LogP contribution in [0.1, 0.15) is 38.2 Å². The van der Waals surface area contributed by atoms with Crippen molar-refractivity contribution in [2.45, 2.75) is 45.2 Å². The molecule has 0 saturated carbocycles. The van der Waals surface area contributed by atoms with E-state index in [1.54, 1.807) is 0 Å². The molecule has 0 aromatic heterocycles. The third-order valence-electron chi connectivity index (χ3n) is 6.63. The lowest BCUT2D eigenvalue weighted by atomic mass is 9.94. The summed E-state index contributed by atoms with van der Waals surface area (Å²) < 4.78 is 0. The van der Waals surface area contributed by atoms with E-state index in [0.29, 0.717) is 31.8 Å². The highest BCUT2D eigenvalue weighted by Gasteiger charge is 2.32. The van der Waals surface area contributed by atoms with Crippen molar-refractivity contribution < 1.29 is 9.59 Å². The summed E-state index contributed by atoms with van der Waals surface area (Å²) in [4.78, 5) is 30.9. The van der Waals surface area contributed by atoms with Crippen LogP contribution in [0.3, 0.4) is 0 Å². The first-order valence-corrected chi connectivity index (χ1v) is 11.0. The van der Waals surface area contributed by atoms with Crippen LogP contribution in [0, 0.1) is 11.8 Å². The monoisotopic (exact) mass is 400 g/mol. The molecule has 2 amide bonds. The van der Waals surface area contributed by atoms with Crippen LogP contribution in [0.2, 0.25) is 0 Å². The van der Waals surface area contributed by atoms with E-state index in [-0.39, 0.29) is 23.8 Å². The molecule has 2 aliphatic rings. The highest BCUT2D eigenvalue weighted by molar-refractivity contribution is 5.82. The summed E-state index contributed by atoms with van der Waals surface area (Å²) >= 11 is 0. The summed E-state index contributed by atoms with van der Waals surface area (Å²) in [5, 5.41) is 0. The summed E-state index contributed by atoms with van der Waals surface area (Å²) in [6.07, 6.45) is 3.67. The first-order chi connectivity index (χ1) is 13.9. The molecule has 0 spiro atoms. The molecule has 1 unspecified atom stereocenters. The maximum Gasteiger partial charge on any atom is 0.239 e. The molecule has 6 nitrogen and oxygen atoms in total. The van der Waals surface area contributed by atoms with Gasteiger partial charge in [-0.15, -0.1) is 0 Å². The second kappa shape index (κ2) is 10.2. The van der Waals surface area contributed by atoms with Gasteiger partial charge in [0.2, 0.25) is 11.8 Å². The van der Waals surface area contributed by atoms with E-state index in [0.717, 1.165) is 39.0 Å². The molecule has 2 N–H and O–H groups in total. The van der Waals surface area contributed by atoms with Gasteiger partial charge < -0.3 is 15.5 Å². The summed E-state index contributed by atoms with van der Waals surface area (Å²) in [5.74, 6) is 0.587. The van der Waals surface area contributed by atoms with Crippen molar-refractivity contribution >= 4 is 11.8 Å². The van der Waals surface area contributed by atoms with E-state index >= 15 is 0 Å². The second-order valence-corrected chi connectivity index (χ2v) is 8.84. The number of nitrogens with two attached hydrogens (primary N) is 1. The van der Waals surface area contributed by atoms with Crippen molar-refractivity contribution in [2.24, 2.45) is 17.6 Å². The molecule has 2 fully saturated rings. The highest BCUT2D eigenvalue weighted by atomic mass is 16.2. The summed E-state index contributed by atoms with van der Waals surface area (Å²) in [5.41, 5.74) is 6.76. The summed E-state index contributed by atoms with van der Waals surface area (Å²) in [6.45, 7) is 7.38. The van der Waals surface area contributed by atoms with Crippen LogP contribution in [0.25, 0.3) is 0 Å². The van der Waals surface area contributed by atoms with Crippen LogP contribution in [-0.4, -0.2) is 72.3 Å². The van der Waals surface area contributed by atoms with E-state index in [4.69, 9.17) is 5.73 Å².